The predicted molar refractivity (Wildman–Crippen MR) is 64.4 cm³/mol. The number of hydrogen-bond acceptors (Lipinski definition) is 0. The van der Waals surface area contributed by atoms with Gasteiger partial charge in [-0.25, -0.2) is 0 Å². The van der Waals surface area contributed by atoms with E-state index >= 15 is 0 Å². The van der Waals surface area contributed by atoms with Gasteiger partial charge < -0.3 is 0 Å². The fraction of sp³-hybridized carbons (Fsp3) is 1.00. The van der Waals surface area contributed by atoms with Crippen LogP contribution < -0.4 is 0 Å². The predicted octanol–water partition coefficient (Wildman–Crippen LogP) is 4.89. The molecule has 1 rings (SSSR count). The summed E-state index contributed by atoms with van der Waals surface area (Å²) in [5.41, 5.74) is 0. The van der Waals surface area contributed by atoms with Gasteiger partial charge in [0.25, 0.3) is 0 Å². The molecule has 0 radical (unpaired) electrons. The molecule has 0 saturated heterocycles. The highest BCUT2D eigenvalue weighted by Crippen LogP contribution is 2.35. The Kier molecular flexibility index (Phi) is 4.98. The molecule has 0 amide bonds. The summed E-state index contributed by atoms with van der Waals surface area (Å²) in [7, 11) is 0. The third-order valence-electron chi connectivity index (χ3n) is 4.06. The summed E-state index contributed by atoms with van der Waals surface area (Å²) >= 11 is 0. The molecule has 0 aliphatic heterocycles. The minimum absolute atomic E-state index is 0.889. The maximum absolute atomic E-state index is 2.48. The van der Waals surface area contributed by atoms with E-state index in [0.717, 1.165) is 23.7 Å². The zero-order valence-electron chi connectivity index (χ0n) is 10.6. The Labute approximate surface area is 90.5 Å². The topological polar surface area (TPSA) is 0 Å². The summed E-state index contributed by atoms with van der Waals surface area (Å²) in [4.78, 5) is 0. The van der Waals surface area contributed by atoms with Crippen LogP contribution >= 0.6 is 0 Å². The second-order valence-corrected chi connectivity index (χ2v) is 5.97. The maximum Gasteiger partial charge on any atom is -0.0388 e. The zero-order chi connectivity index (χ0) is 10.6. The van der Waals surface area contributed by atoms with Crippen LogP contribution in [0.5, 0.6) is 0 Å². The monoisotopic (exact) mass is 196 g/mol. The largest absolute Gasteiger partial charge is 0.0628 e. The molecule has 1 fully saturated rings. The van der Waals surface area contributed by atoms with Gasteiger partial charge in [0.15, 0.2) is 0 Å². The van der Waals surface area contributed by atoms with Gasteiger partial charge in [0.1, 0.15) is 0 Å². The summed E-state index contributed by atoms with van der Waals surface area (Å²) in [5, 5.41) is 0. The third-order valence-corrected chi connectivity index (χ3v) is 4.06. The van der Waals surface area contributed by atoms with Crippen molar-refractivity contribution in [2.75, 3.05) is 0 Å². The standard InChI is InChI=1S/C14H28/c1-11(2)5-8-13(4)14-9-6-12(3)7-10-14/h11-14H,5-10H2,1-4H3. The molecule has 1 atom stereocenters. The van der Waals surface area contributed by atoms with Crippen LogP contribution in [0, 0.1) is 23.7 Å². The van der Waals surface area contributed by atoms with Gasteiger partial charge in [-0.1, -0.05) is 53.4 Å². The fourth-order valence-electron chi connectivity index (χ4n) is 2.69. The van der Waals surface area contributed by atoms with Gasteiger partial charge in [0.05, 0.1) is 0 Å². The van der Waals surface area contributed by atoms with Crippen molar-refractivity contribution >= 4 is 0 Å². The Balaban J connectivity index is 2.20. The summed E-state index contributed by atoms with van der Waals surface area (Å²) < 4.78 is 0. The summed E-state index contributed by atoms with van der Waals surface area (Å²) in [6.07, 6.45) is 8.85. The van der Waals surface area contributed by atoms with Crippen molar-refractivity contribution < 1.29 is 0 Å². The van der Waals surface area contributed by atoms with Crippen molar-refractivity contribution in [2.24, 2.45) is 23.7 Å². The van der Waals surface area contributed by atoms with Gasteiger partial charge in [-0.3, -0.25) is 0 Å². The molecule has 0 nitrogen and oxygen atoms in total. The number of rotatable bonds is 4. The van der Waals surface area contributed by atoms with Crippen molar-refractivity contribution in [2.45, 2.75) is 66.2 Å². The van der Waals surface area contributed by atoms with Crippen LogP contribution in [-0.4, -0.2) is 0 Å². The molecule has 0 bridgehead atoms. The van der Waals surface area contributed by atoms with Gasteiger partial charge in [0.2, 0.25) is 0 Å². The normalized spacial score (nSPS) is 30.6. The van der Waals surface area contributed by atoms with Crippen LogP contribution in [-0.2, 0) is 0 Å². The first-order chi connectivity index (χ1) is 6.59. The van der Waals surface area contributed by atoms with Gasteiger partial charge in [-0.15, -0.1) is 0 Å². The van der Waals surface area contributed by atoms with E-state index in [9.17, 15) is 0 Å². The first-order valence-corrected chi connectivity index (χ1v) is 6.59. The van der Waals surface area contributed by atoms with Crippen molar-refractivity contribution in [1.29, 1.82) is 0 Å². The minimum Gasteiger partial charge on any atom is -0.0628 e. The lowest BCUT2D eigenvalue weighted by Gasteiger charge is -2.31. The van der Waals surface area contributed by atoms with Crippen molar-refractivity contribution in [1.82, 2.24) is 0 Å². The molecule has 0 aromatic rings. The fourth-order valence-corrected chi connectivity index (χ4v) is 2.69. The Hall–Kier alpha value is 0. The average molecular weight is 196 g/mol. The Bertz CT molecular complexity index is 140. The second kappa shape index (κ2) is 5.78. The highest BCUT2D eigenvalue weighted by Gasteiger charge is 2.22. The molecule has 1 unspecified atom stereocenters. The van der Waals surface area contributed by atoms with Crippen LogP contribution in [0.1, 0.15) is 66.2 Å². The SMILES string of the molecule is CC(C)CCC(C)C1CCC(C)CC1. The molecule has 1 aliphatic carbocycles. The van der Waals surface area contributed by atoms with E-state index in [2.05, 4.69) is 27.7 Å². The van der Waals surface area contributed by atoms with E-state index in [4.69, 9.17) is 0 Å². The molecule has 0 heteroatoms. The van der Waals surface area contributed by atoms with E-state index in [1.807, 2.05) is 0 Å². The van der Waals surface area contributed by atoms with E-state index in [1.54, 1.807) is 0 Å². The van der Waals surface area contributed by atoms with E-state index in [1.165, 1.54) is 38.5 Å². The number of hydrogen-bond donors (Lipinski definition) is 0. The highest BCUT2D eigenvalue weighted by molar-refractivity contribution is 4.74. The molecule has 0 aromatic heterocycles. The Morgan fingerprint density at radius 3 is 2.00 bits per heavy atom. The van der Waals surface area contributed by atoms with E-state index in [0.29, 0.717) is 0 Å². The molecule has 1 aliphatic rings. The second-order valence-electron chi connectivity index (χ2n) is 5.97. The average Bonchev–Trinajstić information content (AvgIpc) is 2.15. The van der Waals surface area contributed by atoms with Gasteiger partial charge in [-0.2, -0.15) is 0 Å². The lowest BCUT2D eigenvalue weighted by atomic mass is 9.75. The van der Waals surface area contributed by atoms with Crippen LogP contribution in [0.3, 0.4) is 0 Å². The molecule has 1 saturated carbocycles. The molecular weight excluding hydrogens is 168 g/mol. The quantitative estimate of drug-likeness (QED) is 0.601. The molecule has 84 valence electrons. The summed E-state index contributed by atoms with van der Waals surface area (Å²) in [6, 6.07) is 0. The van der Waals surface area contributed by atoms with Gasteiger partial charge in [0, 0.05) is 0 Å². The summed E-state index contributed by atoms with van der Waals surface area (Å²) in [6.45, 7) is 9.57. The third kappa shape index (κ3) is 4.02. The van der Waals surface area contributed by atoms with Crippen molar-refractivity contribution in [3.05, 3.63) is 0 Å². The molecule has 0 aromatic carbocycles. The molecule has 0 N–H and O–H groups in total. The maximum atomic E-state index is 2.48. The van der Waals surface area contributed by atoms with Gasteiger partial charge in [-0.05, 0) is 36.5 Å². The smallest absolute Gasteiger partial charge is 0.0388 e. The lowest BCUT2D eigenvalue weighted by Crippen LogP contribution is -2.19. The van der Waals surface area contributed by atoms with Crippen LogP contribution in [0.4, 0.5) is 0 Å². The molecular formula is C14H28. The minimum atomic E-state index is 0.889. The van der Waals surface area contributed by atoms with Crippen LogP contribution in [0.15, 0.2) is 0 Å². The molecule has 14 heavy (non-hydrogen) atoms. The molecule has 0 heterocycles. The zero-order valence-corrected chi connectivity index (χ0v) is 10.6. The first kappa shape index (κ1) is 12.1. The Morgan fingerprint density at radius 2 is 1.50 bits per heavy atom. The molecule has 0 spiro atoms. The van der Waals surface area contributed by atoms with E-state index in [-0.39, 0.29) is 0 Å². The first-order valence-electron chi connectivity index (χ1n) is 6.59. The lowest BCUT2D eigenvalue weighted by molar-refractivity contribution is 0.209. The summed E-state index contributed by atoms with van der Waals surface area (Å²) in [5.74, 6) is 3.92. The van der Waals surface area contributed by atoms with Gasteiger partial charge >= 0.3 is 0 Å². The van der Waals surface area contributed by atoms with Crippen LogP contribution in [0.25, 0.3) is 0 Å². The Morgan fingerprint density at radius 1 is 0.929 bits per heavy atom. The van der Waals surface area contributed by atoms with Crippen LogP contribution in [0.2, 0.25) is 0 Å². The van der Waals surface area contributed by atoms with Crippen molar-refractivity contribution in [3.63, 3.8) is 0 Å². The van der Waals surface area contributed by atoms with Crippen molar-refractivity contribution in [3.8, 4) is 0 Å². The van der Waals surface area contributed by atoms with E-state index < -0.39 is 0 Å². The highest BCUT2D eigenvalue weighted by atomic mass is 14.3.